The summed E-state index contributed by atoms with van der Waals surface area (Å²) in [7, 11) is 0. The minimum atomic E-state index is -1.13. The lowest BCUT2D eigenvalue weighted by Crippen LogP contribution is -2.87. The van der Waals surface area contributed by atoms with Gasteiger partial charge in [-0.2, -0.15) is 0 Å². The minimum absolute atomic E-state index is 0.117. The Morgan fingerprint density at radius 3 is 2.43 bits per heavy atom. The average molecular weight is 197 g/mol. The molecule has 0 radical (unpaired) electrons. The van der Waals surface area contributed by atoms with Gasteiger partial charge in [0.2, 0.25) is 0 Å². The smallest absolute Gasteiger partial charge is 0.363 e. The van der Waals surface area contributed by atoms with Crippen molar-refractivity contribution >= 4 is 5.97 Å². The van der Waals surface area contributed by atoms with Crippen LogP contribution in [0.1, 0.15) is 5.56 Å². The van der Waals surface area contributed by atoms with Crippen molar-refractivity contribution in [2.45, 2.75) is 12.5 Å². The van der Waals surface area contributed by atoms with Crippen LogP contribution in [-0.2, 0) is 11.2 Å². The number of phenolic OH excluding ortho intramolecular Hbond substituents is 1. The van der Waals surface area contributed by atoms with E-state index in [0.717, 1.165) is 0 Å². The van der Waals surface area contributed by atoms with E-state index in [4.69, 9.17) is 10.2 Å². The number of nitrogens with two attached hydrogens (primary N) is 1. The highest BCUT2D eigenvalue weighted by Gasteiger charge is 2.17. The molecule has 0 unspecified atom stereocenters. The maximum absolute atomic E-state index is 10.5. The molecule has 0 fully saturated rings. The Kier molecular flexibility index (Phi) is 3.44. The summed E-state index contributed by atoms with van der Waals surface area (Å²) in [5.74, 6) is -1.01. The molecule has 0 saturated carbocycles. The van der Waals surface area contributed by atoms with Crippen LogP contribution in [0.25, 0.3) is 0 Å². The Morgan fingerprint density at radius 2 is 2.00 bits per heavy atom. The van der Waals surface area contributed by atoms with Gasteiger partial charge in [0.05, 0.1) is 0 Å². The number of carbonyl (C=O) groups is 1. The largest absolute Gasteiger partial charge is 0.635 e. The van der Waals surface area contributed by atoms with Crippen molar-refractivity contribution in [3.8, 4) is 5.75 Å². The maximum Gasteiger partial charge on any atom is 0.363 e. The molecule has 0 aliphatic carbocycles. The summed E-state index contributed by atoms with van der Waals surface area (Å²) >= 11 is 0. The van der Waals surface area contributed by atoms with Crippen LogP contribution in [0.3, 0.4) is 0 Å². The first-order valence-electron chi connectivity index (χ1n) is 4.09. The molecular formula is C9H11NO4. The third-order valence-electron chi connectivity index (χ3n) is 1.87. The first-order valence-corrected chi connectivity index (χ1v) is 4.09. The Hall–Kier alpha value is -1.59. The van der Waals surface area contributed by atoms with Gasteiger partial charge in [0, 0.05) is 6.42 Å². The zero-order chi connectivity index (χ0) is 10.6. The van der Waals surface area contributed by atoms with Crippen LogP contribution in [0.5, 0.6) is 5.75 Å². The van der Waals surface area contributed by atoms with Crippen LogP contribution >= 0.6 is 0 Å². The second-order valence-corrected chi connectivity index (χ2v) is 2.95. The van der Waals surface area contributed by atoms with Gasteiger partial charge in [-0.05, 0) is 17.7 Å². The number of hydroxylamine groups is 1. The van der Waals surface area contributed by atoms with Crippen LogP contribution in [-0.4, -0.2) is 22.2 Å². The van der Waals surface area contributed by atoms with Gasteiger partial charge in [0.1, 0.15) is 5.75 Å². The van der Waals surface area contributed by atoms with Crippen molar-refractivity contribution in [1.29, 1.82) is 0 Å². The van der Waals surface area contributed by atoms with E-state index in [9.17, 15) is 10.0 Å². The summed E-state index contributed by atoms with van der Waals surface area (Å²) in [6.45, 7) is 0. The molecule has 0 aromatic heterocycles. The Labute approximate surface area is 80.6 Å². The van der Waals surface area contributed by atoms with E-state index < -0.39 is 12.0 Å². The van der Waals surface area contributed by atoms with Gasteiger partial charge in [-0.15, -0.1) is 0 Å². The van der Waals surface area contributed by atoms with E-state index in [1.54, 1.807) is 12.1 Å². The molecular weight excluding hydrogens is 186 g/mol. The lowest BCUT2D eigenvalue weighted by Gasteiger charge is -2.12. The first-order chi connectivity index (χ1) is 6.63. The number of phenols is 1. The van der Waals surface area contributed by atoms with Gasteiger partial charge in [-0.25, -0.2) is 4.79 Å². The molecule has 0 heterocycles. The van der Waals surface area contributed by atoms with Crippen molar-refractivity contribution in [3.63, 3.8) is 0 Å². The molecule has 1 aromatic carbocycles. The van der Waals surface area contributed by atoms with E-state index in [2.05, 4.69) is 0 Å². The quantitative estimate of drug-likeness (QED) is 0.564. The summed E-state index contributed by atoms with van der Waals surface area (Å²) in [5.41, 5.74) is 1.12. The number of carboxylic acid groups (broad SMARTS) is 1. The molecule has 14 heavy (non-hydrogen) atoms. The molecule has 5 nitrogen and oxygen atoms in total. The molecule has 0 aliphatic heterocycles. The standard InChI is InChI=1S/C9H11NO4/c11-7-3-1-6(2-4-7)5-8(10-14)9(12)13/h1-4,8,11H,5,10H2,(H,12,13)/t8-/m0/s1. The second-order valence-electron chi connectivity index (χ2n) is 2.95. The molecule has 4 N–H and O–H groups in total. The van der Waals surface area contributed by atoms with Crippen LogP contribution in [0, 0.1) is 5.21 Å². The predicted octanol–water partition coefficient (Wildman–Crippen LogP) is -0.551. The predicted molar refractivity (Wildman–Crippen MR) is 48.5 cm³/mol. The Bertz CT molecular complexity index is 309. The number of rotatable bonds is 4. The van der Waals surface area contributed by atoms with Gasteiger partial charge in [0.25, 0.3) is 0 Å². The molecule has 0 aliphatic rings. The third-order valence-corrected chi connectivity index (χ3v) is 1.87. The van der Waals surface area contributed by atoms with Crippen molar-refractivity contribution in [2.24, 2.45) is 0 Å². The summed E-state index contributed by atoms with van der Waals surface area (Å²) in [5, 5.41) is 28.0. The minimum Gasteiger partial charge on any atom is -0.635 e. The van der Waals surface area contributed by atoms with Crippen molar-refractivity contribution in [3.05, 3.63) is 35.0 Å². The van der Waals surface area contributed by atoms with Gasteiger partial charge < -0.3 is 20.9 Å². The fraction of sp³-hybridized carbons (Fsp3) is 0.222. The van der Waals surface area contributed by atoms with Gasteiger partial charge in [-0.1, -0.05) is 12.1 Å². The summed E-state index contributed by atoms with van der Waals surface area (Å²) < 4.78 is 0. The maximum atomic E-state index is 10.5. The number of hydrogen-bond donors (Lipinski definition) is 3. The monoisotopic (exact) mass is 197 g/mol. The summed E-state index contributed by atoms with van der Waals surface area (Å²) in [4.78, 5) is 10.5. The zero-order valence-electron chi connectivity index (χ0n) is 7.38. The molecule has 1 rings (SSSR count). The molecule has 0 bridgehead atoms. The zero-order valence-corrected chi connectivity index (χ0v) is 7.38. The molecule has 76 valence electrons. The number of quaternary nitrogens is 1. The van der Waals surface area contributed by atoms with E-state index in [0.29, 0.717) is 11.0 Å². The molecule has 0 spiro atoms. The normalized spacial score (nSPS) is 12.4. The summed E-state index contributed by atoms with van der Waals surface area (Å²) in [6, 6.07) is 5.08. The SMILES string of the molecule is O=C(O)[C@H](Cc1ccc(O)cc1)[NH2+][O-]. The van der Waals surface area contributed by atoms with Crippen LogP contribution < -0.4 is 5.48 Å². The molecule has 0 amide bonds. The third kappa shape index (κ3) is 2.72. The Balaban J connectivity index is 2.67. The highest BCUT2D eigenvalue weighted by atomic mass is 16.5. The van der Waals surface area contributed by atoms with Gasteiger partial charge in [-0.3, -0.25) is 0 Å². The van der Waals surface area contributed by atoms with E-state index in [1.807, 2.05) is 0 Å². The van der Waals surface area contributed by atoms with Gasteiger partial charge >= 0.3 is 5.97 Å². The van der Waals surface area contributed by atoms with Crippen molar-refractivity contribution in [2.75, 3.05) is 0 Å². The van der Waals surface area contributed by atoms with Crippen LogP contribution in [0.4, 0.5) is 0 Å². The van der Waals surface area contributed by atoms with Crippen LogP contribution in [0.15, 0.2) is 24.3 Å². The molecule has 0 saturated heterocycles. The van der Waals surface area contributed by atoms with E-state index in [1.165, 1.54) is 12.1 Å². The Morgan fingerprint density at radius 1 is 1.43 bits per heavy atom. The number of carboxylic acids is 1. The lowest BCUT2D eigenvalue weighted by molar-refractivity contribution is -0.614. The number of benzene rings is 1. The highest BCUT2D eigenvalue weighted by Crippen LogP contribution is 2.10. The topological polar surface area (TPSA) is 97.2 Å². The number of hydrogen-bond acceptors (Lipinski definition) is 3. The molecule has 5 heteroatoms. The average Bonchev–Trinajstić information content (AvgIpc) is 2.16. The molecule has 1 atom stereocenters. The fourth-order valence-corrected chi connectivity index (χ4v) is 1.08. The van der Waals surface area contributed by atoms with E-state index >= 15 is 0 Å². The first kappa shape index (κ1) is 10.5. The lowest BCUT2D eigenvalue weighted by atomic mass is 10.1. The van der Waals surface area contributed by atoms with Crippen molar-refractivity contribution < 1.29 is 20.5 Å². The van der Waals surface area contributed by atoms with E-state index in [-0.39, 0.29) is 12.2 Å². The fourth-order valence-electron chi connectivity index (χ4n) is 1.08. The van der Waals surface area contributed by atoms with Crippen molar-refractivity contribution in [1.82, 2.24) is 0 Å². The number of aromatic hydroxyl groups is 1. The van der Waals surface area contributed by atoms with Gasteiger partial charge in [0.15, 0.2) is 6.04 Å². The summed E-state index contributed by atoms with van der Waals surface area (Å²) in [6.07, 6.45) is 0.152. The number of aliphatic carboxylic acids is 1. The van der Waals surface area contributed by atoms with Crippen LogP contribution in [0.2, 0.25) is 0 Å². The highest BCUT2D eigenvalue weighted by molar-refractivity contribution is 5.72. The molecule has 1 aromatic rings. The second kappa shape index (κ2) is 4.59.